The van der Waals surface area contributed by atoms with Crippen LogP contribution in [0.25, 0.3) is 66.8 Å². The third kappa shape index (κ3) is 7.95. The zero-order valence-corrected chi connectivity index (χ0v) is 32.6. The molecular weight excluding hydrogens is 699 g/mol. The van der Waals surface area contributed by atoms with Crippen molar-refractivity contribution in [2.45, 2.75) is 19.6 Å². The van der Waals surface area contributed by atoms with E-state index in [1.807, 2.05) is 0 Å². The Labute approximate surface area is 343 Å². The lowest BCUT2D eigenvalue weighted by atomic mass is 9.88. The van der Waals surface area contributed by atoms with Gasteiger partial charge in [-0.25, -0.2) is 0 Å². The van der Waals surface area contributed by atoms with E-state index in [1.54, 1.807) is 0 Å². The lowest BCUT2D eigenvalue weighted by molar-refractivity contribution is 0.249. The van der Waals surface area contributed by atoms with Crippen LogP contribution in [0.3, 0.4) is 0 Å². The molecule has 9 aromatic carbocycles. The molecular formula is C57H45N. The molecule has 0 saturated heterocycles. The molecule has 0 spiro atoms. The molecule has 1 heteroatoms. The van der Waals surface area contributed by atoms with E-state index in [-0.39, 0.29) is 0 Å². The van der Waals surface area contributed by atoms with Gasteiger partial charge in [-0.1, -0.05) is 237 Å². The van der Waals surface area contributed by atoms with Crippen LogP contribution in [0, 0.1) is 0 Å². The molecule has 1 nitrogen and oxygen atoms in total. The summed E-state index contributed by atoms with van der Waals surface area (Å²) >= 11 is 0. The van der Waals surface area contributed by atoms with Crippen LogP contribution in [0.15, 0.2) is 237 Å². The van der Waals surface area contributed by atoms with Gasteiger partial charge in [-0.05, 0) is 83.5 Å². The zero-order valence-electron chi connectivity index (χ0n) is 32.6. The van der Waals surface area contributed by atoms with E-state index in [1.165, 1.54) is 83.5 Å². The minimum absolute atomic E-state index is 0.726. The highest BCUT2D eigenvalue weighted by molar-refractivity contribution is 5.82. The molecule has 0 unspecified atom stereocenters. The van der Waals surface area contributed by atoms with E-state index in [9.17, 15) is 0 Å². The highest BCUT2D eigenvalue weighted by Crippen LogP contribution is 2.40. The molecule has 0 aliphatic rings. The van der Waals surface area contributed by atoms with Crippen LogP contribution >= 0.6 is 0 Å². The summed E-state index contributed by atoms with van der Waals surface area (Å²) < 4.78 is 0. The van der Waals surface area contributed by atoms with Gasteiger partial charge in [0.1, 0.15) is 0 Å². The average molecular weight is 744 g/mol. The summed E-state index contributed by atoms with van der Waals surface area (Å²) in [4.78, 5) is 2.69. The summed E-state index contributed by atoms with van der Waals surface area (Å²) in [7, 11) is 0. The predicted octanol–water partition coefficient (Wildman–Crippen LogP) is 14.9. The van der Waals surface area contributed by atoms with Crippen molar-refractivity contribution >= 4 is 0 Å². The Morgan fingerprint density at radius 3 is 0.534 bits per heavy atom. The fourth-order valence-corrected chi connectivity index (χ4v) is 8.44. The molecule has 9 aromatic rings. The van der Waals surface area contributed by atoms with E-state index in [4.69, 9.17) is 0 Å². The van der Waals surface area contributed by atoms with Gasteiger partial charge in [-0.3, -0.25) is 4.90 Å². The highest BCUT2D eigenvalue weighted by atomic mass is 15.1. The number of nitrogens with zero attached hydrogens (tertiary/aromatic N) is 1. The minimum Gasteiger partial charge on any atom is -0.290 e. The maximum atomic E-state index is 2.69. The van der Waals surface area contributed by atoms with Gasteiger partial charge in [0.2, 0.25) is 0 Å². The van der Waals surface area contributed by atoms with Crippen LogP contribution in [0.1, 0.15) is 16.7 Å². The predicted molar refractivity (Wildman–Crippen MR) is 245 cm³/mol. The molecule has 0 bridgehead atoms. The van der Waals surface area contributed by atoms with E-state index in [2.05, 4.69) is 241 Å². The first-order chi connectivity index (χ1) is 28.8. The molecule has 0 radical (unpaired) electrons. The van der Waals surface area contributed by atoms with Crippen molar-refractivity contribution in [1.29, 1.82) is 0 Å². The molecule has 0 fully saturated rings. The van der Waals surface area contributed by atoms with Crippen LogP contribution < -0.4 is 0 Å². The Hall–Kier alpha value is -7.06. The van der Waals surface area contributed by atoms with Crippen molar-refractivity contribution in [1.82, 2.24) is 4.90 Å². The van der Waals surface area contributed by atoms with Gasteiger partial charge in [-0.2, -0.15) is 0 Å². The number of benzene rings is 9. The molecule has 9 rings (SSSR count). The smallest absolute Gasteiger partial charge is 0.0253 e. The van der Waals surface area contributed by atoms with Gasteiger partial charge < -0.3 is 0 Å². The maximum absolute atomic E-state index is 2.69. The van der Waals surface area contributed by atoms with E-state index >= 15 is 0 Å². The summed E-state index contributed by atoms with van der Waals surface area (Å²) in [6, 6.07) is 85.8. The van der Waals surface area contributed by atoms with Crippen molar-refractivity contribution in [2.24, 2.45) is 0 Å². The van der Waals surface area contributed by atoms with E-state index < -0.39 is 0 Å². The van der Waals surface area contributed by atoms with Crippen LogP contribution in [-0.4, -0.2) is 4.90 Å². The summed E-state index contributed by atoms with van der Waals surface area (Å²) in [6.07, 6.45) is 0. The van der Waals surface area contributed by atoms with Gasteiger partial charge in [-0.15, -0.1) is 0 Å². The number of hydrogen-bond acceptors (Lipinski definition) is 1. The Balaban J connectivity index is 1.28. The fraction of sp³-hybridized carbons (Fsp3) is 0.0526. The summed E-state index contributed by atoms with van der Waals surface area (Å²) in [5, 5.41) is 0. The third-order valence-electron chi connectivity index (χ3n) is 11.2. The average Bonchev–Trinajstić information content (AvgIpc) is 3.31. The fourth-order valence-electron chi connectivity index (χ4n) is 8.44. The van der Waals surface area contributed by atoms with Crippen molar-refractivity contribution in [2.75, 3.05) is 0 Å². The molecule has 0 atom stereocenters. The first-order valence-electron chi connectivity index (χ1n) is 20.2. The number of rotatable bonds is 12. The van der Waals surface area contributed by atoms with Gasteiger partial charge in [0.25, 0.3) is 0 Å². The SMILES string of the molecule is c1ccc(-c2cccc(-c3ccccc3)c2CN(Cc2c(-c3ccccc3)cccc2-c2ccccc2)Cc2c(-c3ccccc3)cccc2-c2ccccc2)cc1. The Bertz CT molecular complexity index is 2230. The van der Waals surface area contributed by atoms with E-state index in [0.717, 1.165) is 19.6 Å². The zero-order chi connectivity index (χ0) is 38.9. The van der Waals surface area contributed by atoms with Crippen molar-refractivity contribution in [3.63, 3.8) is 0 Å². The van der Waals surface area contributed by atoms with Gasteiger partial charge >= 0.3 is 0 Å². The van der Waals surface area contributed by atoms with Crippen LogP contribution in [0.2, 0.25) is 0 Å². The molecule has 0 saturated carbocycles. The molecule has 58 heavy (non-hydrogen) atoms. The summed E-state index contributed by atoms with van der Waals surface area (Å²) in [5.74, 6) is 0. The Morgan fingerprint density at radius 1 is 0.190 bits per heavy atom. The number of hydrogen-bond donors (Lipinski definition) is 0. The quantitative estimate of drug-likeness (QED) is 0.120. The molecule has 0 N–H and O–H groups in total. The third-order valence-corrected chi connectivity index (χ3v) is 11.2. The molecule has 0 aromatic heterocycles. The highest BCUT2D eigenvalue weighted by Gasteiger charge is 2.23. The molecule has 278 valence electrons. The lowest BCUT2D eigenvalue weighted by Crippen LogP contribution is -2.25. The van der Waals surface area contributed by atoms with Crippen LogP contribution in [0.5, 0.6) is 0 Å². The normalized spacial score (nSPS) is 11.1. The topological polar surface area (TPSA) is 3.24 Å². The second-order valence-corrected chi connectivity index (χ2v) is 14.8. The minimum atomic E-state index is 0.726. The van der Waals surface area contributed by atoms with Gasteiger partial charge in [0.05, 0.1) is 0 Å². The molecule has 0 aliphatic heterocycles. The summed E-state index contributed by atoms with van der Waals surface area (Å²) in [6.45, 7) is 2.18. The van der Waals surface area contributed by atoms with Crippen LogP contribution in [0.4, 0.5) is 0 Å². The van der Waals surface area contributed by atoms with E-state index in [0.29, 0.717) is 0 Å². The Kier molecular flexibility index (Phi) is 11.0. The standard InChI is InChI=1S/C57H45N/c1-7-22-43(23-8-1)49-34-19-35-50(44-24-9-2-10-25-44)55(49)40-58(41-56-51(45-26-11-3-12-27-45)36-20-37-52(56)46-28-13-4-14-29-46)42-57-53(47-30-15-5-16-31-47)38-21-39-54(57)48-32-17-6-18-33-48/h1-39H,40-42H2. The summed E-state index contributed by atoms with van der Waals surface area (Å²) in [5.41, 5.74) is 18.8. The second kappa shape index (κ2) is 17.4. The first kappa shape index (κ1) is 36.6. The maximum Gasteiger partial charge on any atom is 0.0253 e. The Morgan fingerprint density at radius 2 is 0.362 bits per heavy atom. The molecule has 0 heterocycles. The van der Waals surface area contributed by atoms with Crippen molar-refractivity contribution in [3.8, 4) is 66.8 Å². The van der Waals surface area contributed by atoms with Gasteiger partial charge in [0, 0.05) is 19.6 Å². The van der Waals surface area contributed by atoms with Crippen LogP contribution in [-0.2, 0) is 19.6 Å². The van der Waals surface area contributed by atoms with Crippen molar-refractivity contribution < 1.29 is 0 Å². The molecule has 0 aliphatic carbocycles. The monoisotopic (exact) mass is 743 g/mol. The molecule has 0 amide bonds. The first-order valence-corrected chi connectivity index (χ1v) is 20.2. The van der Waals surface area contributed by atoms with Gasteiger partial charge in [0.15, 0.2) is 0 Å². The largest absolute Gasteiger partial charge is 0.290 e. The lowest BCUT2D eigenvalue weighted by Gasteiger charge is -2.30. The second-order valence-electron chi connectivity index (χ2n) is 14.8. The van der Waals surface area contributed by atoms with Crippen molar-refractivity contribution in [3.05, 3.63) is 253 Å².